The summed E-state index contributed by atoms with van der Waals surface area (Å²) in [5.41, 5.74) is 4.02. The molecule has 1 aliphatic carbocycles. The highest BCUT2D eigenvalue weighted by Gasteiger charge is 2.36. The third-order valence-electron chi connectivity index (χ3n) is 7.48. The smallest absolute Gasteiger partial charge is 0.251 e. The van der Waals surface area contributed by atoms with Gasteiger partial charge >= 0.3 is 0 Å². The average Bonchev–Trinajstić information content (AvgIpc) is 3.84. The van der Waals surface area contributed by atoms with Gasteiger partial charge in [-0.15, -0.1) is 0 Å². The van der Waals surface area contributed by atoms with Crippen molar-refractivity contribution in [1.29, 1.82) is 0 Å². The van der Waals surface area contributed by atoms with Crippen molar-refractivity contribution in [3.8, 4) is 11.5 Å². The number of ether oxygens (including phenoxy) is 2. The second-order valence-electron chi connectivity index (χ2n) is 10.3. The van der Waals surface area contributed by atoms with Gasteiger partial charge in [-0.1, -0.05) is 24.3 Å². The number of hydrogen-bond acceptors (Lipinski definition) is 4. The van der Waals surface area contributed by atoms with Crippen LogP contribution >= 0.6 is 0 Å². The molecule has 3 aromatic rings. The van der Waals surface area contributed by atoms with E-state index in [9.17, 15) is 22.4 Å². The Balaban J connectivity index is 1.27. The molecule has 1 heterocycles. The van der Waals surface area contributed by atoms with Crippen LogP contribution < -0.4 is 14.8 Å². The minimum absolute atomic E-state index is 0.0272. The Morgan fingerprint density at radius 2 is 1.71 bits per heavy atom. The van der Waals surface area contributed by atoms with Crippen LogP contribution in [0.4, 0.5) is 17.6 Å². The van der Waals surface area contributed by atoms with Crippen LogP contribution in [0.3, 0.4) is 0 Å². The molecule has 5 nitrogen and oxygen atoms in total. The number of halogens is 4. The zero-order valence-corrected chi connectivity index (χ0v) is 22.8. The minimum Gasteiger partial charge on any atom is -0.497 e. The maximum absolute atomic E-state index is 14.6. The van der Waals surface area contributed by atoms with Gasteiger partial charge in [-0.2, -0.15) is 4.39 Å². The van der Waals surface area contributed by atoms with E-state index in [2.05, 4.69) is 5.32 Å². The Hall–Kier alpha value is -3.85. The summed E-state index contributed by atoms with van der Waals surface area (Å²) in [7, 11) is 1.53. The first-order chi connectivity index (χ1) is 19.9. The summed E-state index contributed by atoms with van der Waals surface area (Å²) in [6, 6.07) is 14.1. The minimum atomic E-state index is -1.33. The lowest BCUT2D eigenvalue weighted by atomic mass is 9.92. The van der Waals surface area contributed by atoms with E-state index in [4.69, 9.17) is 9.47 Å². The van der Waals surface area contributed by atoms with Crippen LogP contribution in [-0.2, 0) is 17.8 Å². The lowest BCUT2D eigenvalue weighted by Gasteiger charge is -2.28. The molecular weight excluding hydrogens is 536 g/mol. The van der Waals surface area contributed by atoms with Gasteiger partial charge in [0.05, 0.1) is 13.7 Å². The molecule has 0 unspecified atom stereocenters. The Morgan fingerprint density at radius 3 is 2.44 bits per heavy atom. The van der Waals surface area contributed by atoms with Crippen molar-refractivity contribution in [2.24, 2.45) is 0 Å². The number of amides is 1. The molecule has 5 rings (SSSR count). The van der Waals surface area contributed by atoms with Gasteiger partial charge in [0, 0.05) is 30.3 Å². The average molecular weight is 569 g/mol. The first kappa shape index (κ1) is 28.7. The molecule has 9 heteroatoms. The molecule has 0 aromatic heterocycles. The van der Waals surface area contributed by atoms with E-state index in [1.807, 2.05) is 24.3 Å². The van der Waals surface area contributed by atoms with Crippen molar-refractivity contribution in [1.82, 2.24) is 10.2 Å². The van der Waals surface area contributed by atoms with Crippen molar-refractivity contribution in [2.45, 2.75) is 44.7 Å². The second kappa shape index (κ2) is 12.8. The van der Waals surface area contributed by atoms with Gasteiger partial charge in [-0.3, -0.25) is 4.79 Å². The maximum Gasteiger partial charge on any atom is 0.251 e. The number of rotatable bonds is 11. The fourth-order valence-electron chi connectivity index (χ4n) is 5.08. The maximum atomic E-state index is 14.6. The molecule has 0 bridgehead atoms. The summed E-state index contributed by atoms with van der Waals surface area (Å²) >= 11 is 0. The lowest BCUT2D eigenvalue weighted by molar-refractivity contribution is -0.128. The molecule has 0 radical (unpaired) electrons. The first-order valence-electron chi connectivity index (χ1n) is 13.8. The largest absolute Gasteiger partial charge is 0.497 e. The molecular formula is C32H32F4N2O3. The monoisotopic (exact) mass is 568 g/mol. The first-order valence-corrected chi connectivity index (χ1v) is 13.8. The van der Waals surface area contributed by atoms with Crippen LogP contribution in [0.25, 0.3) is 5.57 Å². The van der Waals surface area contributed by atoms with Crippen molar-refractivity contribution in [3.05, 3.63) is 100 Å². The molecule has 1 N–H and O–H groups in total. The van der Waals surface area contributed by atoms with E-state index < -0.39 is 23.2 Å². The fraction of sp³-hybridized carbons (Fsp3) is 0.344. The molecule has 1 fully saturated rings. The summed E-state index contributed by atoms with van der Waals surface area (Å²) in [5, 5.41) is 3.30. The van der Waals surface area contributed by atoms with E-state index in [-0.39, 0.29) is 30.9 Å². The Morgan fingerprint density at radius 1 is 0.976 bits per heavy atom. The van der Waals surface area contributed by atoms with Gasteiger partial charge in [0.25, 0.3) is 5.91 Å². The van der Waals surface area contributed by atoms with Gasteiger partial charge in [-0.25, -0.2) is 13.2 Å². The molecule has 0 spiro atoms. The zero-order valence-electron chi connectivity index (χ0n) is 22.8. The number of benzene rings is 3. The molecule has 0 atom stereocenters. The summed E-state index contributed by atoms with van der Waals surface area (Å²) in [6.45, 7) is 1.38. The lowest BCUT2D eigenvalue weighted by Crippen LogP contribution is -2.39. The molecule has 3 aromatic carbocycles. The van der Waals surface area contributed by atoms with Crippen LogP contribution in [0.1, 0.15) is 42.4 Å². The van der Waals surface area contributed by atoms with E-state index >= 15 is 0 Å². The van der Waals surface area contributed by atoms with E-state index in [1.54, 1.807) is 17.0 Å². The van der Waals surface area contributed by atoms with Crippen LogP contribution in [0.5, 0.6) is 11.5 Å². The molecule has 2 aliphatic rings. The van der Waals surface area contributed by atoms with Gasteiger partial charge < -0.3 is 19.7 Å². The number of hydrogen-bond donors (Lipinski definition) is 1. The summed E-state index contributed by atoms with van der Waals surface area (Å²) in [6.07, 6.45) is 3.54. The fourth-order valence-corrected chi connectivity index (χ4v) is 5.08. The number of methoxy groups -OCH3 is 1. The SMILES string of the molecule is COc1ccc(F)c(CN(C(=O)C2=C(c3ccc(CCCOc4c(F)ccc(F)c4F)cc3)CCNC2)C2CC2)c1. The van der Waals surface area contributed by atoms with Gasteiger partial charge in [-0.05, 0) is 85.7 Å². The summed E-state index contributed by atoms with van der Waals surface area (Å²) < 4.78 is 65.9. The topological polar surface area (TPSA) is 50.8 Å². The molecule has 41 heavy (non-hydrogen) atoms. The van der Waals surface area contributed by atoms with Crippen molar-refractivity contribution in [3.63, 3.8) is 0 Å². The van der Waals surface area contributed by atoms with E-state index in [1.165, 1.54) is 13.2 Å². The third kappa shape index (κ3) is 6.73. The van der Waals surface area contributed by atoms with Crippen LogP contribution in [0, 0.1) is 23.3 Å². The van der Waals surface area contributed by atoms with Crippen molar-refractivity contribution in [2.75, 3.05) is 26.8 Å². The van der Waals surface area contributed by atoms with Crippen molar-refractivity contribution < 1.29 is 31.8 Å². The molecule has 0 saturated heterocycles. The normalized spacial score (nSPS) is 15.1. The number of aryl methyl sites for hydroxylation is 1. The molecule has 1 saturated carbocycles. The highest BCUT2D eigenvalue weighted by molar-refractivity contribution is 6.02. The number of carbonyl (C=O) groups is 1. The second-order valence-corrected chi connectivity index (χ2v) is 10.3. The highest BCUT2D eigenvalue weighted by Crippen LogP contribution is 2.34. The van der Waals surface area contributed by atoms with E-state index in [0.717, 1.165) is 48.2 Å². The summed E-state index contributed by atoms with van der Waals surface area (Å²) in [4.78, 5) is 15.6. The summed E-state index contributed by atoms with van der Waals surface area (Å²) in [5.74, 6) is -4.04. The van der Waals surface area contributed by atoms with Crippen LogP contribution in [0.2, 0.25) is 0 Å². The van der Waals surface area contributed by atoms with Gasteiger partial charge in [0.1, 0.15) is 11.6 Å². The Labute approximate surface area is 236 Å². The van der Waals surface area contributed by atoms with E-state index in [0.29, 0.717) is 42.7 Å². The van der Waals surface area contributed by atoms with Crippen LogP contribution in [0.15, 0.2) is 60.2 Å². The van der Waals surface area contributed by atoms with Crippen molar-refractivity contribution >= 4 is 11.5 Å². The molecule has 1 aliphatic heterocycles. The van der Waals surface area contributed by atoms with Crippen LogP contribution in [-0.4, -0.2) is 43.7 Å². The Bertz CT molecular complexity index is 1440. The molecule has 1 amide bonds. The number of nitrogens with one attached hydrogen (secondary N) is 1. The van der Waals surface area contributed by atoms with Gasteiger partial charge in [0.2, 0.25) is 5.82 Å². The highest BCUT2D eigenvalue weighted by atomic mass is 19.2. The zero-order chi connectivity index (χ0) is 28.9. The predicted molar refractivity (Wildman–Crippen MR) is 148 cm³/mol. The standard InChI is InChI=1S/C32H32F4N2O3/c1-40-24-10-11-27(33)22(17-24)19-38(23-8-9-23)32(39)26-18-37-15-14-25(26)21-6-4-20(5-7-21)3-2-16-41-31-29(35)13-12-28(34)30(31)36/h4-7,10-13,17,23,37H,2-3,8-9,14-16,18-19H2,1H3. The Kier molecular flexibility index (Phi) is 8.93. The van der Waals surface area contributed by atoms with Gasteiger partial charge in [0.15, 0.2) is 17.4 Å². The molecule has 216 valence electrons. The predicted octanol–water partition coefficient (Wildman–Crippen LogP) is 6.20. The number of carbonyl (C=O) groups excluding carboxylic acids is 1. The number of nitrogens with zero attached hydrogens (tertiary/aromatic N) is 1. The quantitative estimate of drug-likeness (QED) is 0.170. The third-order valence-corrected chi connectivity index (χ3v) is 7.48.